The van der Waals surface area contributed by atoms with Crippen molar-refractivity contribution in [1.29, 1.82) is 0 Å². The largest absolute Gasteiger partial charge is 0.493 e. The van der Waals surface area contributed by atoms with Gasteiger partial charge in [-0.3, -0.25) is 9.59 Å². The molecule has 0 fully saturated rings. The number of hydrogen-bond donors (Lipinski definition) is 1. The van der Waals surface area contributed by atoms with E-state index in [9.17, 15) is 9.59 Å². The molecule has 1 rings (SSSR count). The molecule has 128 valence electrons. The number of benzene rings is 1. The molecule has 0 aromatic heterocycles. The van der Waals surface area contributed by atoms with Gasteiger partial charge in [-0.2, -0.15) is 0 Å². The van der Waals surface area contributed by atoms with Crippen molar-refractivity contribution in [3.8, 4) is 11.5 Å². The van der Waals surface area contributed by atoms with Gasteiger partial charge in [-0.1, -0.05) is 0 Å². The molecule has 0 spiro atoms. The second-order valence-electron chi connectivity index (χ2n) is 5.15. The Kier molecular flexibility index (Phi) is 7.34. The maximum atomic E-state index is 12.5. The highest BCUT2D eigenvalue weighted by atomic mass is 16.5. The van der Waals surface area contributed by atoms with Crippen LogP contribution in [0.3, 0.4) is 0 Å². The van der Waals surface area contributed by atoms with Crippen molar-refractivity contribution >= 4 is 11.9 Å². The van der Waals surface area contributed by atoms with E-state index in [4.69, 9.17) is 19.3 Å². The van der Waals surface area contributed by atoms with Crippen LogP contribution in [0.5, 0.6) is 11.5 Å². The highest BCUT2D eigenvalue weighted by molar-refractivity contribution is 5.96. The highest BCUT2D eigenvalue weighted by Crippen LogP contribution is 2.29. The first-order valence-corrected chi connectivity index (χ1v) is 7.23. The number of aliphatic carboxylic acids is 1. The predicted molar refractivity (Wildman–Crippen MR) is 84.2 cm³/mol. The van der Waals surface area contributed by atoms with Gasteiger partial charge in [0.1, 0.15) is 6.54 Å². The standard InChI is InChI=1S/C16H23NO6/c1-11(2)23-13-6-5-12(9-14(13)22-4)16(20)17(7-8-21-3)10-15(18)19/h5-6,9,11H,7-8,10H2,1-4H3,(H,18,19). The molecule has 0 aliphatic carbocycles. The molecule has 0 unspecified atom stereocenters. The summed E-state index contributed by atoms with van der Waals surface area (Å²) in [6.45, 7) is 3.82. The van der Waals surface area contributed by atoms with E-state index >= 15 is 0 Å². The maximum Gasteiger partial charge on any atom is 0.323 e. The number of carbonyl (C=O) groups is 2. The number of carboxylic acid groups (broad SMARTS) is 1. The van der Waals surface area contributed by atoms with Crippen LogP contribution < -0.4 is 9.47 Å². The summed E-state index contributed by atoms with van der Waals surface area (Å²) in [5.41, 5.74) is 0.329. The van der Waals surface area contributed by atoms with Crippen molar-refractivity contribution in [2.45, 2.75) is 20.0 Å². The number of rotatable bonds is 9. The van der Waals surface area contributed by atoms with Gasteiger partial charge in [0.15, 0.2) is 11.5 Å². The Morgan fingerprint density at radius 1 is 1.22 bits per heavy atom. The zero-order chi connectivity index (χ0) is 17.4. The molecule has 1 aromatic carbocycles. The van der Waals surface area contributed by atoms with E-state index in [2.05, 4.69) is 0 Å². The Morgan fingerprint density at radius 3 is 2.43 bits per heavy atom. The van der Waals surface area contributed by atoms with E-state index in [1.807, 2.05) is 13.8 Å². The van der Waals surface area contributed by atoms with Crippen molar-refractivity contribution in [3.63, 3.8) is 0 Å². The summed E-state index contributed by atoms with van der Waals surface area (Å²) in [5, 5.41) is 8.94. The fourth-order valence-corrected chi connectivity index (χ4v) is 1.95. The van der Waals surface area contributed by atoms with Gasteiger partial charge in [0, 0.05) is 19.2 Å². The van der Waals surface area contributed by atoms with E-state index in [-0.39, 0.29) is 19.3 Å². The molecule has 0 heterocycles. The number of methoxy groups -OCH3 is 2. The zero-order valence-corrected chi connectivity index (χ0v) is 13.9. The van der Waals surface area contributed by atoms with Gasteiger partial charge in [0.25, 0.3) is 5.91 Å². The molecule has 7 nitrogen and oxygen atoms in total. The van der Waals surface area contributed by atoms with Gasteiger partial charge in [0.05, 0.1) is 19.8 Å². The fraction of sp³-hybridized carbons (Fsp3) is 0.500. The second kappa shape index (κ2) is 8.99. The Hall–Kier alpha value is -2.28. The number of nitrogens with zero attached hydrogens (tertiary/aromatic N) is 1. The summed E-state index contributed by atoms with van der Waals surface area (Å²) in [7, 11) is 2.97. The Labute approximate surface area is 135 Å². The van der Waals surface area contributed by atoms with Crippen LogP contribution in [0.2, 0.25) is 0 Å². The highest BCUT2D eigenvalue weighted by Gasteiger charge is 2.20. The van der Waals surface area contributed by atoms with Gasteiger partial charge in [-0.05, 0) is 32.0 Å². The molecular formula is C16H23NO6. The molecule has 0 saturated heterocycles. The summed E-state index contributed by atoms with van der Waals surface area (Å²) in [6.07, 6.45) is -0.0318. The predicted octanol–water partition coefficient (Wildman–Crippen LogP) is 1.66. The van der Waals surface area contributed by atoms with E-state index in [1.54, 1.807) is 18.2 Å². The van der Waals surface area contributed by atoms with Crippen molar-refractivity contribution in [1.82, 2.24) is 4.90 Å². The number of hydrogen-bond acceptors (Lipinski definition) is 5. The number of amides is 1. The lowest BCUT2D eigenvalue weighted by atomic mass is 10.1. The molecule has 1 N–H and O–H groups in total. The van der Waals surface area contributed by atoms with Gasteiger partial charge in [-0.15, -0.1) is 0 Å². The van der Waals surface area contributed by atoms with Crippen LogP contribution >= 0.6 is 0 Å². The average Bonchev–Trinajstić information content (AvgIpc) is 2.50. The second-order valence-corrected chi connectivity index (χ2v) is 5.15. The normalized spacial score (nSPS) is 10.5. The van der Waals surface area contributed by atoms with Crippen LogP contribution in [0.4, 0.5) is 0 Å². The summed E-state index contributed by atoms with van der Waals surface area (Å²) in [6, 6.07) is 4.77. The summed E-state index contributed by atoms with van der Waals surface area (Å²) in [5.74, 6) is -0.535. The van der Waals surface area contributed by atoms with Crippen LogP contribution in [0, 0.1) is 0 Å². The molecule has 7 heteroatoms. The first kappa shape index (κ1) is 18.8. The molecule has 0 saturated carbocycles. The Balaban J connectivity index is 3.01. The molecule has 0 aliphatic heterocycles. The van der Waals surface area contributed by atoms with Gasteiger partial charge in [-0.25, -0.2) is 0 Å². The van der Waals surface area contributed by atoms with E-state index in [1.165, 1.54) is 19.1 Å². The van der Waals surface area contributed by atoms with Crippen LogP contribution in [0.25, 0.3) is 0 Å². The lowest BCUT2D eigenvalue weighted by molar-refractivity contribution is -0.137. The molecular weight excluding hydrogens is 302 g/mol. The topological polar surface area (TPSA) is 85.3 Å². The van der Waals surface area contributed by atoms with Crippen molar-refractivity contribution in [2.24, 2.45) is 0 Å². The first-order valence-electron chi connectivity index (χ1n) is 7.23. The van der Waals surface area contributed by atoms with E-state index in [0.717, 1.165) is 0 Å². The molecule has 1 amide bonds. The average molecular weight is 325 g/mol. The molecule has 23 heavy (non-hydrogen) atoms. The quantitative estimate of drug-likeness (QED) is 0.743. The number of carbonyl (C=O) groups excluding carboxylic acids is 1. The molecule has 0 bridgehead atoms. The van der Waals surface area contributed by atoms with Crippen molar-refractivity contribution < 1.29 is 28.9 Å². The third kappa shape index (κ3) is 5.78. The van der Waals surface area contributed by atoms with Gasteiger partial charge in [0.2, 0.25) is 0 Å². The summed E-state index contributed by atoms with van der Waals surface area (Å²) in [4.78, 5) is 24.6. The monoisotopic (exact) mass is 325 g/mol. The SMILES string of the molecule is COCCN(CC(=O)O)C(=O)c1ccc(OC(C)C)c(OC)c1. The minimum Gasteiger partial charge on any atom is -0.493 e. The van der Waals surface area contributed by atoms with E-state index < -0.39 is 18.4 Å². The van der Waals surface area contributed by atoms with Crippen molar-refractivity contribution in [3.05, 3.63) is 23.8 Å². The third-order valence-electron chi connectivity index (χ3n) is 2.95. The summed E-state index contributed by atoms with van der Waals surface area (Å²) >= 11 is 0. The number of carboxylic acids is 1. The zero-order valence-electron chi connectivity index (χ0n) is 13.9. The van der Waals surface area contributed by atoms with E-state index in [0.29, 0.717) is 17.1 Å². The molecule has 0 aliphatic rings. The first-order chi connectivity index (χ1) is 10.9. The molecule has 1 aromatic rings. The summed E-state index contributed by atoms with van der Waals surface area (Å²) < 4.78 is 15.8. The molecule has 0 atom stereocenters. The minimum absolute atomic E-state index is 0.0318. The lowest BCUT2D eigenvalue weighted by Crippen LogP contribution is -2.38. The van der Waals surface area contributed by atoms with Crippen molar-refractivity contribution in [2.75, 3.05) is 33.9 Å². The van der Waals surface area contributed by atoms with Gasteiger partial charge >= 0.3 is 5.97 Å². The van der Waals surface area contributed by atoms with Crippen LogP contribution in [0.15, 0.2) is 18.2 Å². The minimum atomic E-state index is -1.08. The fourth-order valence-electron chi connectivity index (χ4n) is 1.95. The maximum absolute atomic E-state index is 12.5. The Bertz CT molecular complexity index is 543. The third-order valence-corrected chi connectivity index (χ3v) is 2.95. The molecule has 0 radical (unpaired) electrons. The number of ether oxygens (including phenoxy) is 3. The smallest absolute Gasteiger partial charge is 0.323 e. The van der Waals surface area contributed by atoms with Crippen LogP contribution in [-0.4, -0.2) is 61.9 Å². The van der Waals surface area contributed by atoms with Gasteiger partial charge < -0.3 is 24.2 Å². The van der Waals surface area contributed by atoms with Crippen LogP contribution in [0.1, 0.15) is 24.2 Å². The Morgan fingerprint density at radius 2 is 1.91 bits per heavy atom. The van der Waals surface area contributed by atoms with Crippen LogP contribution in [-0.2, 0) is 9.53 Å². The lowest BCUT2D eigenvalue weighted by Gasteiger charge is -2.21.